The summed E-state index contributed by atoms with van der Waals surface area (Å²) in [5.41, 5.74) is 6.24. The molecule has 2 saturated heterocycles. The lowest BCUT2D eigenvalue weighted by atomic mass is 9.71. The van der Waals surface area contributed by atoms with Crippen LogP contribution in [0.1, 0.15) is 61.8 Å². The molecule has 1 spiro atoms. The van der Waals surface area contributed by atoms with Crippen molar-refractivity contribution < 1.29 is 9.53 Å². The number of hydrogen-bond acceptors (Lipinski definition) is 5. The van der Waals surface area contributed by atoms with Crippen molar-refractivity contribution in [3.8, 4) is 5.75 Å². The minimum atomic E-state index is -0.0931. The molecule has 0 unspecified atom stereocenters. The molecule has 0 amide bonds. The lowest BCUT2D eigenvalue weighted by molar-refractivity contribution is -0.104. The highest BCUT2D eigenvalue weighted by Gasteiger charge is 2.38. The van der Waals surface area contributed by atoms with Gasteiger partial charge in [0.15, 0.2) is 0 Å². The van der Waals surface area contributed by atoms with Crippen molar-refractivity contribution >= 4 is 18.1 Å². The molecule has 1 aromatic heterocycles. The first-order valence-electron chi connectivity index (χ1n) is 12.9. The van der Waals surface area contributed by atoms with Crippen LogP contribution in [0.3, 0.4) is 0 Å². The summed E-state index contributed by atoms with van der Waals surface area (Å²) in [5.74, 6) is 1.08. The predicted molar refractivity (Wildman–Crippen MR) is 141 cm³/mol. The number of fused-ring (bicyclic) bond motifs is 1. The van der Waals surface area contributed by atoms with Crippen LogP contribution in [-0.2, 0) is 17.8 Å². The second-order valence-electron chi connectivity index (χ2n) is 11.1. The van der Waals surface area contributed by atoms with Gasteiger partial charge in [0.05, 0.1) is 0 Å². The van der Waals surface area contributed by atoms with Crippen molar-refractivity contribution in [2.24, 2.45) is 5.41 Å². The van der Waals surface area contributed by atoms with Crippen LogP contribution >= 0.6 is 0 Å². The number of allylic oxidation sites excluding steroid dienone is 1. The molecule has 184 valence electrons. The molecular weight excluding hydrogens is 434 g/mol. The Balaban J connectivity index is 1.17. The first-order chi connectivity index (χ1) is 16.9. The van der Waals surface area contributed by atoms with E-state index in [1.54, 1.807) is 12.4 Å². The lowest BCUT2D eigenvalue weighted by Gasteiger charge is -2.48. The van der Waals surface area contributed by atoms with E-state index < -0.39 is 0 Å². The highest BCUT2D eigenvalue weighted by Crippen LogP contribution is 2.43. The predicted octanol–water partition coefficient (Wildman–Crippen LogP) is 5.36. The van der Waals surface area contributed by atoms with Gasteiger partial charge < -0.3 is 9.64 Å². The SMILES string of the molecule is C=C(c1ccncc1/C=C/C=O)N1CCC2(CCN(Cc3cccc4c3CC(C)(C)O4)CC2)CC1. The third-order valence-electron chi connectivity index (χ3n) is 8.25. The van der Waals surface area contributed by atoms with Crippen LogP contribution in [0.5, 0.6) is 5.75 Å². The zero-order valence-electron chi connectivity index (χ0n) is 21.1. The molecule has 0 saturated carbocycles. The highest BCUT2D eigenvalue weighted by molar-refractivity contribution is 5.78. The molecule has 1 aromatic carbocycles. The summed E-state index contributed by atoms with van der Waals surface area (Å²) in [6.45, 7) is 14.2. The van der Waals surface area contributed by atoms with Gasteiger partial charge in [-0.1, -0.05) is 18.7 Å². The van der Waals surface area contributed by atoms with E-state index in [0.29, 0.717) is 5.41 Å². The molecule has 3 aliphatic heterocycles. The van der Waals surface area contributed by atoms with Crippen LogP contribution in [0.4, 0.5) is 0 Å². The molecule has 0 aliphatic carbocycles. The van der Waals surface area contributed by atoms with Gasteiger partial charge in [-0.25, -0.2) is 0 Å². The Morgan fingerprint density at radius 1 is 1.11 bits per heavy atom. The largest absolute Gasteiger partial charge is 0.487 e. The summed E-state index contributed by atoms with van der Waals surface area (Å²) in [6, 6.07) is 8.55. The molecule has 5 rings (SSSR count). The number of carbonyl (C=O) groups is 1. The number of likely N-dealkylation sites (tertiary alicyclic amines) is 2. The van der Waals surface area contributed by atoms with Crippen LogP contribution in [-0.4, -0.2) is 52.9 Å². The van der Waals surface area contributed by atoms with Crippen molar-refractivity contribution in [2.75, 3.05) is 26.2 Å². The van der Waals surface area contributed by atoms with Gasteiger partial charge in [0.25, 0.3) is 0 Å². The third kappa shape index (κ3) is 5.06. The number of aldehydes is 1. The maximum atomic E-state index is 10.8. The second kappa shape index (κ2) is 9.62. The number of benzene rings is 1. The highest BCUT2D eigenvalue weighted by atomic mass is 16.5. The Hall–Kier alpha value is -2.92. The zero-order valence-corrected chi connectivity index (χ0v) is 21.1. The molecule has 2 fully saturated rings. The molecule has 5 nitrogen and oxygen atoms in total. The Bertz CT molecular complexity index is 1120. The molecule has 35 heavy (non-hydrogen) atoms. The van der Waals surface area contributed by atoms with E-state index in [2.05, 4.69) is 53.4 Å². The summed E-state index contributed by atoms with van der Waals surface area (Å²) >= 11 is 0. The third-order valence-corrected chi connectivity index (χ3v) is 8.25. The van der Waals surface area contributed by atoms with Gasteiger partial charge in [-0.15, -0.1) is 0 Å². The van der Waals surface area contributed by atoms with Crippen molar-refractivity contribution in [2.45, 2.75) is 58.1 Å². The van der Waals surface area contributed by atoms with Crippen LogP contribution in [0.15, 0.2) is 49.3 Å². The molecule has 0 radical (unpaired) electrons. The van der Waals surface area contributed by atoms with E-state index in [1.807, 2.05) is 12.1 Å². The summed E-state index contributed by atoms with van der Waals surface area (Å²) in [4.78, 5) is 20.1. The number of rotatable bonds is 6. The first-order valence-corrected chi connectivity index (χ1v) is 12.9. The monoisotopic (exact) mass is 471 g/mol. The fraction of sp³-hybridized carbons (Fsp3) is 0.467. The Labute approximate surface area is 209 Å². The molecule has 0 atom stereocenters. The Morgan fingerprint density at radius 3 is 2.60 bits per heavy atom. The summed E-state index contributed by atoms with van der Waals surface area (Å²) in [7, 11) is 0. The van der Waals surface area contributed by atoms with E-state index in [4.69, 9.17) is 4.74 Å². The normalized spacial score (nSPS) is 21.1. The van der Waals surface area contributed by atoms with Gasteiger partial charge in [-0.3, -0.25) is 14.7 Å². The van der Waals surface area contributed by atoms with Crippen LogP contribution in [0, 0.1) is 5.41 Å². The van der Waals surface area contributed by atoms with Gasteiger partial charge in [-0.2, -0.15) is 0 Å². The Morgan fingerprint density at radius 2 is 1.86 bits per heavy atom. The first kappa shape index (κ1) is 23.8. The van der Waals surface area contributed by atoms with E-state index in [-0.39, 0.29) is 5.60 Å². The van der Waals surface area contributed by atoms with Gasteiger partial charge in [0, 0.05) is 60.8 Å². The number of hydrogen-bond donors (Lipinski definition) is 0. The van der Waals surface area contributed by atoms with E-state index in [9.17, 15) is 4.79 Å². The average molecular weight is 472 g/mol. The van der Waals surface area contributed by atoms with Gasteiger partial charge in [-0.05, 0) is 87.9 Å². The van der Waals surface area contributed by atoms with Crippen molar-refractivity contribution in [3.63, 3.8) is 0 Å². The smallest absolute Gasteiger partial charge is 0.142 e. The summed E-state index contributed by atoms with van der Waals surface area (Å²) in [6.07, 6.45) is 13.7. The maximum Gasteiger partial charge on any atom is 0.142 e. The average Bonchev–Trinajstić information content (AvgIpc) is 3.19. The molecule has 0 N–H and O–H groups in total. The summed E-state index contributed by atoms with van der Waals surface area (Å²) in [5, 5.41) is 0. The topological polar surface area (TPSA) is 45.7 Å². The molecule has 2 aromatic rings. The Kier molecular flexibility index (Phi) is 6.54. The number of aromatic nitrogens is 1. The summed E-state index contributed by atoms with van der Waals surface area (Å²) < 4.78 is 6.15. The van der Waals surface area contributed by atoms with Crippen LogP contribution in [0.25, 0.3) is 11.8 Å². The van der Waals surface area contributed by atoms with E-state index >= 15 is 0 Å². The zero-order chi connectivity index (χ0) is 24.5. The minimum absolute atomic E-state index is 0.0931. The second-order valence-corrected chi connectivity index (χ2v) is 11.1. The van der Waals surface area contributed by atoms with Gasteiger partial charge in [0.2, 0.25) is 0 Å². The number of piperidine rings is 2. The standard InChI is InChI=1S/C30H37N3O2/c1-23(26-9-14-31-21-24(26)7-5-19-34)33-17-12-30(13-18-33)10-15-32(16-11-30)22-25-6-4-8-28-27(25)20-29(2,3)35-28/h4-9,14,19,21H,1,10-13,15-18,20,22H2,2-3H3/b7-5+. The van der Waals surface area contributed by atoms with Crippen molar-refractivity contribution in [1.29, 1.82) is 0 Å². The number of pyridine rings is 1. The van der Waals surface area contributed by atoms with E-state index in [1.165, 1.54) is 56.0 Å². The molecule has 5 heteroatoms. The van der Waals surface area contributed by atoms with Crippen molar-refractivity contribution in [1.82, 2.24) is 14.8 Å². The molecule has 4 heterocycles. The molecule has 0 bridgehead atoms. The fourth-order valence-electron chi connectivity index (χ4n) is 6.11. The number of ether oxygens (including phenoxy) is 1. The van der Waals surface area contributed by atoms with Crippen LogP contribution in [0.2, 0.25) is 0 Å². The molecular formula is C30H37N3O2. The van der Waals surface area contributed by atoms with Crippen LogP contribution < -0.4 is 4.74 Å². The quantitative estimate of drug-likeness (QED) is 0.419. The van der Waals surface area contributed by atoms with Crippen molar-refractivity contribution in [3.05, 3.63) is 71.6 Å². The maximum absolute atomic E-state index is 10.8. The number of carbonyl (C=O) groups excluding carboxylic acids is 1. The lowest BCUT2D eigenvalue weighted by Crippen LogP contribution is -2.46. The van der Waals surface area contributed by atoms with E-state index in [0.717, 1.165) is 54.9 Å². The molecule has 3 aliphatic rings. The fourth-order valence-corrected chi connectivity index (χ4v) is 6.11. The number of nitrogens with zero attached hydrogens (tertiary/aromatic N) is 3. The van der Waals surface area contributed by atoms with Gasteiger partial charge in [0.1, 0.15) is 17.6 Å². The van der Waals surface area contributed by atoms with Gasteiger partial charge >= 0.3 is 0 Å². The minimum Gasteiger partial charge on any atom is -0.487 e.